The third-order valence-electron chi connectivity index (χ3n) is 1.60. The maximum Gasteiger partial charge on any atom is 0.451 e. The lowest BCUT2D eigenvalue weighted by molar-refractivity contribution is -0.144. The fraction of sp³-hybridized carbons (Fsp3) is 0.750. The van der Waals surface area contributed by atoms with E-state index in [2.05, 4.69) is 10.1 Å². The molecule has 0 bridgehead atoms. The smallest absolute Gasteiger partial charge is 0.330 e. The predicted octanol–water partition coefficient (Wildman–Crippen LogP) is 0.879. The summed E-state index contributed by atoms with van der Waals surface area (Å²) in [6, 6.07) is 0. The van der Waals surface area contributed by atoms with E-state index in [1.807, 2.05) is 13.8 Å². The van der Waals surface area contributed by atoms with Gasteiger partial charge in [-0.15, -0.1) is 5.10 Å². The second-order valence-electron chi connectivity index (χ2n) is 2.82. The van der Waals surface area contributed by atoms with Crippen LogP contribution in [0.15, 0.2) is 0 Å². The summed E-state index contributed by atoms with van der Waals surface area (Å²) in [5.74, 6) is 4.04. The van der Waals surface area contributed by atoms with Crippen molar-refractivity contribution in [1.82, 2.24) is 15.2 Å². The number of hydrogen-bond donors (Lipinski definition) is 3. The first kappa shape index (κ1) is 15.7. The Labute approximate surface area is 97.2 Å². The zero-order chi connectivity index (χ0) is 13.5. The van der Waals surface area contributed by atoms with Crippen molar-refractivity contribution < 1.29 is 13.2 Å². The third-order valence-corrected chi connectivity index (χ3v) is 1.60. The Kier molecular flexibility index (Phi) is 6.51. The zero-order valence-corrected chi connectivity index (χ0v) is 9.75. The van der Waals surface area contributed by atoms with Gasteiger partial charge < -0.3 is 5.73 Å². The molecular formula is C8H17F3N6. The van der Waals surface area contributed by atoms with Gasteiger partial charge in [0.25, 0.3) is 5.95 Å². The van der Waals surface area contributed by atoms with Crippen LogP contribution in [0.4, 0.5) is 19.1 Å². The Balaban J connectivity index is 0.00000121. The van der Waals surface area contributed by atoms with Gasteiger partial charge in [-0.25, -0.2) is 5.84 Å². The van der Waals surface area contributed by atoms with Gasteiger partial charge >= 0.3 is 6.18 Å². The molecule has 0 aliphatic carbocycles. The van der Waals surface area contributed by atoms with Crippen LogP contribution < -0.4 is 16.6 Å². The van der Waals surface area contributed by atoms with E-state index in [1.165, 1.54) is 0 Å². The molecule has 0 spiro atoms. The molecule has 0 radical (unpaired) electrons. The maximum absolute atomic E-state index is 12.1. The molecule has 1 aromatic heterocycles. The van der Waals surface area contributed by atoms with Gasteiger partial charge in [-0.3, -0.25) is 10.1 Å². The Bertz CT molecular complexity index is 310. The molecule has 0 amide bonds. The number of nitrogens with two attached hydrogens (primary N) is 2. The van der Waals surface area contributed by atoms with E-state index < -0.39 is 12.0 Å². The van der Waals surface area contributed by atoms with Gasteiger partial charge in [-0.2, -0.15) is 18.2 Å². The summed E-state index contributed by atoms with van der Waals surface area (Å²) >= 11 is 0. The minimum Gasteiger partial charge on any atom is -0.330 e. The number of alkyl halides is 3. The number of aromatic nitrogens is 3. The van der Waals surface area contributed by atoms with Crippen molar-refractivity contribution in [3.63, 3.8) is 0 Å². The number of halogens is 3. The highest BCUT2D eigenvalue weighted by Gasteiger charge is 2.35. The fourth-order valence-electron chi connectivity index (χ4n) is 0.870. The van der Waals surface area contributed by atoms with E-state index in [0.29, 0.717) is 19.5 Å². The summed E-state index contributed by atoms with van der Waals surface area (Å²) in [5.41, 5.74) is 5.22. The molecule has 0 atom stereocenters. The van der Waals surface area contributed by atoms with Gasteiger partial charge in [0.1, 0.15) is 0 Å². The van der Waals surface area contributed by atoms with Crippen molar-refractivity contribution >= 4 is 5.95 Å². The second-order valence-corrected chi connectivity index (χ2v) is 2.82. The van der Waals surface area contributed by atoms with Gasteiger partial charge in [0.2, 0.25) is 5.82 Å². The number of rotatable bonds is 4. The summed E-state index contributed by atoms with van der Waals surface area (Å²) in [5, 5.41) is 6.12. The van der Waals surface area contributed by atoms with Crippen LogP contribution in [0.1, 0.15) is 26.1 Å². The zero-order valence-electron chi connectivity index (χ0n) is 9.75. The number of aromatic amines is 1. The van der Waals surface area contributed by atoms with Crippen molar-refractivity contribution in [3.05, 3.63) is 5.82 Å². The van der Waals surface area contributed by atoms with Crippen LogP contribution in [-0.2, 0) is 6.18 Å². The molecule has 1 rings (SSSR count). The van der Waals surface area contributed by atoms with E-state index in [0.717, 1.165) is 5.01 Å². The SMILES string of the molecule is CC.NCCCN(N)c1n[nH]c(C(F)(F)F)n1. The summed E-state index contributed by atoms with van der Waals surface area (Å²) < 4.78 is 36.3. The van der Waals surface area contributed by atoms with E-state index >= 15 is 0 Å². The van der Waals surface area contributed by atoms with Crippen molar-refractivity contribution in [3.8, 4) is 0 Å². The largest absolute Gasteiger partial charge is 0.451 e. The highest BCUT2D eigenvalue weighted by molar-refractivity contribution is 5.25. The Morgan fingerprint density at radius 2 is 1.94 bits per heavy atom. The molecule has 0 fully saturated rings. The van der Waals surface area contributed by atoms with Crippen LogP contribution in [0.3, 0.4) is 0 Å². The van der Waals surface area contributed by atoms with Gasteiger partial charge in [-0.05, 0) is 13.0 Å². The number of hydrazine groups is 1. The van der Waals surface area contributed by atoms with Gasteiger partial charge in [0.15, 0.2) is 0 Å². The van der Waals surface area contributed by atoms with Crippen LogP contribution in [0.25, 0.3) is 0 Å². The summed E-state index contributed by atoms with van der Waals surface area (Å²) in [7, 11) is 0. The summed E-state index contributed by atoms with van der Waals surface area (Å²) in [6.45, 7) is 4.69. The molecule has 1 aromatic rings. The summed E-state index contributed by atoms with van der Waals surface area (Å²) in [4.78, 5) is 3.20. The Hall–Kier alpha value is -1.35. The molecule has 1 heterocycles. The second kappa shape index (κ2) is 7.07. The number of H-pyrrole nitrogens is 1. The van der Waals surface area contributed by atoms with Crippen molar-refractivity contribution in [2.45, 2.75) is 26.4 Å². The fourth-order valence-corrected chi connectivity index (χ4v) is 0.870. The van der Waals surface area contributed by atoms with Crippen molar-refractivity contribution in [2.24, 2.45) is 11.6 Å². The molecule has 0 saturated heterocycles. The van der Waals surface area contributed by atoms with E-state index in [-0.39, 0.29) is 5.95 Å². The number of nitrogens with one attached hydrogen (secondary N) is 1. The lowest BCUT2D eigenvalue weighted by Crippen LogP contribution is -2.34. The van der Waals surface area contributed by atoms with E-state index in [4.69, 9.17) is 11.6 Å². The van der Waals surface area contributed by atoms with Crippen LogP contribution >= 0.6 is 0 Å². The van der Waals surface area contributed by atoms with Crippen LogP contribution in [0.5, 0.6) is 0 Å². The summed E-state index contributed by atoms with van der Waals surface area (Å²) in [6.07, 6.45) is -3.99. The van der Waals surface area contributed by atoms with Gasteiger partial charge in [0, 0.05) is 6.54 Å². The van der Waals surface area contributed by atoms with Crippen molar-refractivity contribution in [1.29, 1.82) is 0 Å². The first-order valence-corrected chi connectivity index (χ1v) is 5.17. The van der Waals surface area contributed by atoms with Crippen molar-refractivity contribution in [2.75, 3.05) is 18.1 Å². The predicted molar refractivity (Wildman–Crippen MR) is 57.9 cm³/mol. The number of anilines is 1. The molecule has 6 nitrogen and oxygen atoms in total. The normalized spacial score (nSPS) is 10.8. The lowest BCUT2D eigenvalue weighted by Gasteiger charge is -2.12. The average molecular weight is 254 g/mol. The minimum absolute atomic E-state index is 0.198. The molecule has 0 aliphatic rings. The standard InChI is InChI=1S/C6H11F3N6.C2H6/c7-6(8,9)4-12-5(14-13-4)15(11)3-1-2-10;1-2/h1-3,10-11H2,(H,12,13,14);1-2H3. The monoisotopic (exact) mass is 254 g/mol. The van der Waals surface area contributed by atoms with Crippen LogP contribution in [0, 0.1) is 0 Å². The molecule has 0 unspecified atom stereocenters. The maximum atomic E-state index is 12.1. The first-order chi connectivity index (χ1) is 7.95. The molecular weight excluding hydrogens is 237 g/mol. The molecule has 0 aliphatic heterocycles. The third kappa shape index (κ3) is 5.00. The minimum atomic E-state index is -4.54. The van der Waals surface area contributed by atoms with E-state index in [9.17, 15) is 13.2 Å². The van der Waals surface area contributed by atoms with Gasteiger partial charge in [-0.1, -0.05) is 13.8 Å². The molecule has 9 heteroatoms. The molecule has 0 saturated carbocycles. The van der Waals surface area contributed by atoms with Crippen LogP contribution in [-0.4, -0.2) is 28.3 Å². The molecule has 0 aromatic carbocycles. The molecule has 100 valence electrons. The Morgan fingerprint density at radius 1 is 1.35 bits per heavy atom. The Morgan fingerprint density at radius 3 is 2.35 bits per heavy atom. The van der Waals surface area contributed by atoms with E-state index in [1.54, 1.807) is 5.10 Å². The highest BCUT2D eigenvalue weighted by atomic mass is 19.4. The molecule has 5 N–H and O–H groups in total. The number of nitrogens with zero attached hydrogens (tertiary/aromatic N) is 3. The first-order valence-electron chi connectivity index (χ1n) is 5.17. The van der Waals surface area contributed by atoms with Gasteiger partial charge in [0.05, 0.1) is 0 Å². The average Bonchev–Trinajstić information content (AvgIpc) is 2.77. The quantitative estimate of drug-likeness (QED) is 0.547. The number of hydrogen-bond acceptors (Lipinski definition) is 5. The van der Waals surface area contributed by atoms with Crippen LogP contribution in [0.2, 0.25) is 0 Å². The molecule has 17 heavy (non-hydrogen) atoms. The topological polar surface area (TPSA) is 96.9 Å². The lowest BCUT2D eigenvalue weighted by atomic mass is 10.4. The highest BCUT2D eigenvalue weighted by Crippen LogP contribution is 2.26.